The number of benzene rings is 1. The van der Waals surface area contributed by atoms with Gasteiger partial charge in [-0.1, -0.05) is 39.8 Å². The summed E-state index contributed by atoms with van der Waals surface area (Å²) in [5.41, 5.74) is 2.32. The zero-order chi connectivity index (χ0) is 20.4. The standard InChI is InChI=1S/C23H26FNO3/c1-22(2)9-15-20(17(26)11-22)19(13-5-7-14(24)8-6-13)21-16(25(15)28)10-23(3,4)12-18(21)27/h5-8,19,28H,9-12H2,1-4H3. The summed E-state index contributed by atoms with van der Waals surface area (Å²) in [7, 11) is 0. The molecule has 0 atom stereocenters. The van der Waals surface area contributed by atoms with Crippen molar-refractivity contribution >= 4 is 11.6 Å². The molecule has 0 aromatic heterocycles. The molecule has 1 heterocycles. The maximum atomic E-state index is 13.5. The number of carbonyl (C=O) groups is 2. The predicted molar refractivity (Wildman–Crippen MR) is 103 cm³/mol. The van der Waals surface area contributed by atoms with Gasteiger partial charge in [0, 0.05) is 29.9 Å². The topological polar surface area (TPSA) is 57.6 Å². The van der Waals surface area contributed by atoms with Crippen molar-refractivity contribution in [3.63, 3.8) is 0 Å². The number of carbonyl (C=O) groups excluding carboxylic acids is 2. The lowest BCUT2D eigenvalue weighted by Gasteiger charge is -2.46. The van der Waals surface area contributed by atoms with Crippen molar-refractivity contribution in [2.75, 3.05) is 0 Å². The Morgan fingerprint density at radius 2 is 1.29 bits per heavy atom. The lowest BCUT2D eigenvalue weighted by Crippen LogP contribution is -2.43. The Labute approximate surface area is 164 Å². The summed E-state index contributed by atoms with van der Waals surface area (Å²) in [6.07, 6.45) is 1.82. The number of ketones is 2. The van der Waals surface area contributed by atoms with E-state index in [2.05, 4.69) is 0 Å². The normalized spacial score (nSPS) is 24.4. The monoisotopic (exact) mass is 383 g/mol. The second-order valence-electron chi connectivity index (χ2n) is 9.90. The molecule has 1 aromatic carbocycles. The molecule has 0 saturated carbocycles. The molecule has 0 fully saturated rings. The lowest BCUT2D eigenvalue weighted by atomic mass is 9.64. The number of Topliss-reactive ketones (excluding diaryl/α,β-unsaturated/α-hetero) is 2. The van der Waals surface area contributed by atoms with Crippen molar-refractivity contribution in [1.29, 1.82) is 0 Å². The highest BCUT2D eigenvalue weighted by atomic mass is 19.1. The largest absolute Gasteiger partial charge is 0.294 e. The van der Waals surface area contributed by atoms with Gasteiger partial charge in [-0.2, -0.15) is 0 Å². The van der Waals surface area contributed by atoms with E-state index in [0.717, 1.165) is 10.6 Å². The number of allylic oxidation sites excluding steroid dienone is 4. The Balaban J connectivity index is 1.96. The summed E-state index contributed by atoms with van der Waals surface area (Å²) >= 11 is 0. The zero-order valence-electron chi connectivity index (χ0n) is 16.8. The number of halogens is 1. The van der Waals surface area contributed by atoms with E-state index in [9.17, 15) is 19.2 Å². The SMILES string of the molecule is CC1(C)CC(=O)C2=C(C1)N(O)C1=C(C(=O)CC(C)(C)C1)C2c1ccc(F)cc1. The Bertz CT molecular complexity index is 883. The van der Waals surface area contributed by atoms with E-state index < -0.39 is 5.92 Å². The van der Waals surface area contributed by atoms with Crippen LogP contribution in [-0.2, 0) is 9.59 Å². The molecule has 0 amide bonds. The molecule has 0 spiro atoms. The number of hydrogen-bond donors (Lipinski definition) is 1. The predicted octanol–water partition coefficient (Wildman–Crippen LogP) is 4.90. The smallest absolute Gasteiger partial charge is 0.162 e. The first-order valence-corrected chi connectivity index (χ1v) is 9.76. The first-order valence-electron chi connectivity index (χ1n) is 9.76. The molecular formula is C23H26FNO3. The number of hydrogen-bond acceptors (Lipinski definition) is 4. The van der Waals surface area contributed by atoms with Crippen LogP contribution >= 0.6 is 0 Å². The molecule has 4 nitrogen and oxygen atoms in total. The first-order chi connectivity index (χ1) is 13.0. The van der Waals surface area contributed by atoms with Crippen molar-refractivity contribution < 1.29 is 19.2 Å². The van der Waals surface area contributed by atoms with Gasteiger partial charge < -0.3 is 0 Å². The highest BCUT2D eigenvalue weighted by Gasteiger charge is 2.48. The average Bonchev–Trinajstić information content (AvgIpc) is 2.56. The third-order valence-corrected chi connectivity index (χ3v) is 6.08. The zero-order valence-corrected chi connectivity index (χ0v) is 16.8. The molecular weight excluding hydrogens is 357 g/mol. The van der Waals surface area contributed by atoms with Crippen LogP contribution in [0.25, 0.3) is 0 Å². The van der Waals surface area contributed by atoms with Gasteiger partial charge in [-0.05, 0) is 41.4 Å². The van der Waals surface area contributed by atoms with Crippen molar-refractivity contribution in [3.8, 4) is 0 Å². The van der Waals surface area contributed by atoms with E-state index in [1.807, 2.05) is 27.7 Å². The van der Waals surface area contributed by atoms with Gasteiger partial charge in [0.2, 0.25) is 0 Å². The molecule has 0 bridgehead atoms. The Morgan fingerprint density at radius 1 is 0.857 bits per heavy atom. The number of rotatable bonds is 1. The summed E-state index contributed by atoms with van der Waals surface area (Å²) in [6, 6.07) is 6.00. The number of hydroxylamine groups is 2. The second kappa shape index (κ2) is 6.11. The van der Waals surface area contributed by atoms with Crippen LogP contribution in [0.1, 0.15) is 64.9 Å². The molecule has 1 aliphatic heterocycles. The van der Waals surface area contributed by atoms with Crippen molar-refractivity contribution in [2.24, 2.45) is 10.8 Å². The summed E-state index contributed by atoms with van der Waals surface area (Å²) in [4.78, 5) is 26.3. The molecule has 148 valence electrons. The minimum atomic E-state index is -0.541. The molecule has 28 heavy (non-hydrogen) atoms. The Morgan fingerprint density at radius 3 is 1.71 bits per heavy atom. The fourth-order valence-corrected chi connectivity index (χ4v) is 4.93. The molecule has 0 saturated heterocycles. The minimum Gasteiger partial charge on any atom is -0.294 e. The van der Waals surface area contributed by atoms with Gasteiger partial charge in [0.05, 0.1) is 11.4 Å². The fraction of sp³-hybridized carbons (Fsp3) is 0.478. The van der Waals surface area contributed by atoms with Crippen molar-refractivity contribution in [1.82, 2.24) is 5.06 Å². The summed E-state index contributed by atoms with van der Waals surface area (Å²) < 4.78 is 13.5. The Hall–Kier alpha value is -2.27. The highest BCUT2D eigenvalue weighted by Crippen LogP contribution is 2.53. The molecule has 0 unspecified atom stereocenters. The molecule has 0 radical (unpaired) electrons. The van der Waals surface area contributed by atoms with E-state index >= 15 is 0 Å². The van der Waals surface area contributed by atoms with E-state index in [0.29, 0.717) is 48.2 Å². The lowest BCUT2D eigenvalue weighted by molar-refractivity contribution is -0.123. The van der Waals surface area contributed by atoms with Gasteiger partial charge in [-0.25, -0.2) is 9.45 Å². The summed E-state index contributed by atoms with van der Waals surface area (Å²) in [6.45, 7) is 8.04. The van der Waals surface area contributed by atoms with Crippen LogP contribution in [0.2, 0.25) is 0 Å². The fourth-order valence-electron chi connectivity index (χ4n) is 4.93. The molecule has 3 aliphatic rings. The van der Waals surface area contributed by atoms with Crippen molar-refractivity contribution in [3.05, 3.63) is 58.2 Å². The van der Waals surface area contributed by atoms with E-state index in [1.54, 1.807) is 12.1 Å². The number of nitrogens with zero attached hydrogens (tertiary/aromatic N) is 1. The third-order valence-electron chi connectivity index (χ3n) is 6.08. The minimum absolute atomic E-state index is 0.0520. The van der Waals surface area contributed by atoms with Gasteiger partial charge in [0.15, 0.2) is 11.6 Å². The van der Waals surface area contributed by atoms with Crippen LogP contribution in [0.5, 0.6) is 0 Å². The van der Waals surface area contributed by atoms with Crippen LogP contribution in [0.3, 0.4) is 0 Å². The van der Waals surface area contributed by atoms with Gasteiger partial charge in [-0.15, -0.1) is 0 Å². The van der Waals surface area contributed by atoms with Crippen molar-refractivity contribution in [2.45, 2.75) is 59.3 Å². The van der Waals surface area contributed by atoms with Gasteiger partial charge in [0.25, 0.3) is 0 Å². The van der Waals surface area contributed by atoms with Gasteiger partial charge in [-0.3, -0.25) is 14.8 Å². The third kappa shape index (κ3) is 3.02. The maximum Gasteiger partial charge on any atom is 0.162 e. The van der Waals surface area contributed by atoms with Gasteiger partial charge >= 0.3 is 0 Å². The summed E-state index contributed by atoms with van der Waals surface area (Å²) in [5.74, 6) is -1.01. The molecule has 5 heteroatoms. The highest BCUT2D eigenvalue weighted by molar-refractivity contribution is 6.06. The molecule has 2 aliphatic carbocycles. The summed E-state index contributed by atoms with van der Waals surface area (Å²) in [5, 5.41) is 12.2. The van der Waals surface area contributed by atoms with E-state index in [4.69, 9.17) is 0 Å². The quantitative estimate of drug-likeness (QED) is 0.749. The molecule has 1 N–H and O–H groups in total. The van der Waals surface area contributed by atoms with Gasteiger partial charge in [0.1, 0.15) is 5.82 Å². The average molecular weight is 383 g/mol. The first kappa shape index (κ1) is 19.1. The molecule has 4 rings (SSSR count). The maximum absolute atomic E-state index is 13.5. The van der Waals surface area contributed by atoms with Crippen LogP contribution in [0.4, 0.5) is 4.39 Å². The van der Waals surface area contributed by atoms with Crippen LogP contribution in [0, 0.1) is 16.6 Å². The van der Waals surface area contributed by atoms with E-state index in [1.165, 1.54) is 12.1 Å². The Kier molecular flexibility index (Phi) is 4.16. The van der Waals surface area contributed by atoms with Crippen LogP contribution in [0.15, 0.2) is 46.8 Å². The second-order valence-corrected chi connectivity index (χ2v) is 9.90. The van der Waals surface area contributed by atoms with E-state index in [-0.39, 0.29) is 28.2 Å². The molecule has 1 aromatic rings. The van der Waals surface area contributed by atoms with Crippen LogP contribution in [-0.4, -0.2) is 21.8 Å². The van der Waals surface area contributed by atoms with Crippen LogP contribution < -0.4 is 0 Å².